The van der Waals surface area contributed by atoms with Crippen molar-refractivity contribution in [1.82, 2.24) is 24.8 Å². The molecule has 0 unspecified atom stereocenters. The van der Waals surface area contributed by atoms with Crippen LogP contribution in [0.15, 0.2) is 79.0 Å². The average molecular weight is 615 g/mol. The van der Waals surface area contributed by atoms with Gasteiger partial charge in [0.05, 0.1) is 28.7 Å². The second kappa shape index (κ2) is 10.8. The number of hydrogen-bond donors (Lipinski definition) is 1. The molecule has 2 heterocycles. The van der Waals surface area contributed by atoms with Crippen molar-refractivity contribution in [1.29, 1.82) is 0 Å². The highest BCUT2D eigenvalue weighted by atomic mass is 19.4. The molecular weight excluding hydrogens is 590 g/mol. The Morgan fingerprint density at radius 1 is 0.841 bits per heavy atom. The van der Waals surface area contributed by atoms with Crippen molar-refractivity contribution in [2.75, 3.05) is 0 Å². The number of nitrogens with two attached hydrogens (primary N) is 1. The molecule has 0 bridgehead atoms. The summed E-state index contributed by atoms with van der Waals surface area (Å²) < 4.78 is 85.1. The molecule has 0 saturated carbocycles. The Hall–Kier alpha value is -5.14. The molecular formula is C30H24F6N6O2. The molecule has 0 fully saturated rings. The van der Waals surface area contributed by atoms with Gasteiger partial charge in [0.15, 0.2) is 5.69 Å². The van der Waals surface area contributed by atoms with Crippen molar-refractivity contribution in [2.45, 2.75) is 31.8 Å². The molecule has 0 radical (unpaired) electrons. The van der Waals surface area contributed by atoms with E-state index in [0.29, 0.717) is 39.2 Å². The summed E-state index contributed by atoms with van der Waals surface area (Å²) in [6, 6.07) is 18.0. The smallest absolute Gasteiger partial charge is 0.406 e. The Morgan fingerprint density at radius 3 is 2.11 bits per heavy atom. The summed E-state index contributed by atoms with van der Waals surface area (Å²) in [7, 11) is 1.37. The van der Waals surface area contributed by atoms with Crippen LogP contribution in [-0.2, 0) is 23.4 Å². The molecule has 2 aromatic heterocycles. The molecule has 0 saturated heterocycles. The normalized spacial score (nSPS) is 12.4. The Balaban J connectivity index is 1.68. The van der Waals surface area contributed by atoms with Crippen molar-refractivity contribution >= 4 is 5.91 Å². The van der Waals surface area contributed by atoms with Gasteiger partial charge in [-0.15, -0.1) is 18.3 Å². The lowest BCUT2D eigenvalue weighted by atomic mass is 9.82. The molecule has 14 heteroatoms. The van der Waals surface area contributed by atoms with Gasteiger partial charge in [-0.2, -0.15) is 18.3 Å². The molecule has 5 rings (SSSR count). The number of primary amides is 1. The van der Waals surface area contributed by atoms with E-state index < -0.39 is 35.3 Å². The van der Waals surface area contributed by atoms with Crippen molar-refractivity contribution in [3.8, 4) is 45.1 Å². The van der Waals surface area contributed by atoms with Gasteiger partial charge >= 0.3 is 12.5 Å². The van der Waals surface area contributed by atoms with Gasteiger partial charge in [0, 0.05) is 18.2 Å². The highest BCUT2D eigenvalue weighted by molar-refractivity contribution is 5.86. The largest absolute Gasteiger partial charge is 0.573 e. The van der Waals surface area contributed by atoms with E-state index in [1.54, 1.807) is 56.3 Å². The number of ether oxygens (including phenoxy) is 1. The molecule has 44 heavy (non-hydrogen) atoms. The Bertz CT molecular complexity index is 1840. The maximum atomic E-state index is 13.6. The monoisotopic (exact) mass is 614 g/mol. The fourth-order valence-electron chi connectivity index (χ4n) is 4.63. The van der Waals surface area contributed by atoms with Crippen molar-refractivity contribution in [2.24, 2.45) is 12.8 Å². The number of carbonyl (C=O) groups is 1. The lowest BCUT2D eigenvalue weighted by Gasteiger charge is -2.22. The van der Waals surface area contributed by atoms with Crippen LogP contribution in [0.25, 0.3) is 39.3 Å². The SMILES string of the molecule is Cn1nc(C(F)(F)F)cc1-c1ccc(-c2cccc(C(C)(C)C(N)=O)c2)cc1-n1nncc1-c1ccc(OC(F)(F)F)cc1. The lowest BCUT2D eigenvalue weighted by Crippen LogP contribution is -2.35. The fraction of sp³-hybridized carbons (Fsp3) is 0.200. The van der Waals surface area contributed by atoms with Crippen LogP contribution in [0, 0.1) is 0 Å². The molecule has 5 aromatic rings. The number of carbonyl (C=O) groups excluding carboxylic acids is 1. The first-order chi connectivity index (χ1) is 20.5. The second-order valence-corrected chi connectivity index (χ2v) is 10.4. The molecule has 228 valence electrons. The third kappa shape index (κ3) is 6.00. The maximum absolute atomic E-state index is 13.6. The highest BCUT2D eigenvalue weighted by Gasteiger charge is 2.35. The number of hydrogen-bond acceptors (Lipinski definition) is 5. The number of alkyl halides is 6. The number of nitrogens with zero attached hydrogens (tertiary/aromatic N) is 5. The molecule has 3 aromatic carbocycles. The molecule has 8 nitrogen and oxygen atoms in total. The molecule has 0 aliphatic heterocycles. The zero-order valence-electron chi connectivity index (χ0n) is 23.4. The van der Waals surface area contributed by atoms with Crippen LogP contribution in [0.5, 0.6) is 5.75 Å². The summed E-state index contributed by atoms with van der Waals surface area (Å²) >= 11 is 0. The molecule has 1 amide bonds. The van der Waals surface area contributed by atoms with Crippen molar-refractivity contribution < 1.29 is 35.9 Å². The number of benzene rings is 3. The van der Waals surface area contributed by atoms with E-state index in [1.807, 2.05) is 0 Å². The maximum Gasteiger partial charge on any atom is 0.573 e. The first-order valence-corrected chi connectivity index (χ1v) is 13.0. The van der Waals surface area contributed by atoms with Crippen LogP contribution >= 0.6 is 0 Å². The lowest BCUT2D eigenvalue weighted by molar-refractivity contribution is -0.274. The average Bonchev–Trinajstić information content (AvgIpc) is 3.59. The van der Waals surface area contributed by atoms with E-state index in [-0.39, 0.29) is 5.69 Å². The first-order valence-electron chi connectivity index (χ1n) is 13.0. The van der Waals surface area contributed by atoms with Gasteiger partial charge in [0.25, 0.3) is 0 Å². The Labute approximate surface area is 246 Å². The summed E-state index contributed by atoms with van der Waals surface area (Å²) in [5.41, 5.74) is 6.99. The minimum Gasteiger partial charge on any atom is -0.406 e. The third-order valence-electron chi connectivity index (χ3n) is 7.14. The van der Waals surface area contributed by atoms with Gasteiger partial charge < -0.3 is 10.5 Å². The summed E-state index contributed by atoms with van der Waals surface area (Å²) in [6.45, 7) is 3.38. The van der Waals surface area contributed by atoms with Crippen molar-refractivity contribution in [3.05, 3.63) is 90.3 Å². The predicted octanol–water partition coefficient (Wildman–Crippen LogP) is 6.68. The van der Waals surface area contributed by atoms with E-state index in [4.69, 9.17) is 5.73 Å². The van der Waals surface area contributed by atoms with Crippen LogP contribution in [0.3, 0.4) is 0 Å². The standard InChI is InChI=1S/C30H24F6N6O2/c1-28(2,27(37)43)20-6-4-5-18(13-20)19-9-12-22(23-15-26(29(31,32)33)39-41(23)3)24(14-19)42-25(16-38-40-42)17-7-10-21(11-8-17)44-30(34,35)36/h4-16H,1-3H3,(H2,37,43). The molecule has 0 atom stereocenters. The van der Waals surface area contributed by atoms with E-state index >= 15 is 0 Å². The highest BCUT2D eigenvalue weighted by Crippen LogP contribution is 2.38. The topological polar surface area (TPSA) is 101 Å². The van der Waals surface area contributed by atoms with Gasteiger partial charge in [0.1, 0.15) is 5.75 Å². The van der Waals surface area contributed by atoms with Gasteiger partial charge in [-0.3, -0.25) is 9.48 Å². The van der Waals surface area contributed by atoms with Crippen LogP contribution in [0.1, 0.15) is 25.1 Å². The van der Waals surface area contributed by atoms with Gasteiger partial charge in [0.2, 0.25) is 5.91 Å². The second-order valence-electron chi connectivity index (χ2n) is 10.4. The summed E-state index contributed by atoms with van der Waals surface area (Å²) in [5, 5.41) is 11.8. The minimum atomic E-state index is -4.87. The van der Waals surface area contributed by atoms with E-state index in [1.165, 1.54) is 30.1 Å². The summed E-state index contributed by atoms with van der Waals surface area (Å²) in [6.07, 6.45) is -8.19. The summed E-state index contributed by atoms with van der Waals surface area (Å²) in [5.74, 6) is -0.961. The van der Waals surface area contributed by atoms with E-state index in [2.05, 4.69) is 20.1 Å². The van der Waals surface area contributed by atoms with Crippen LogP contribution < -0.4 is 10.5 Å². The van der Waals surface area contributed by atoms with E-state index in [9.17, 15) is 31.1 Å². The number of halogens is 6. The van der Waals surface area contributed by atoms with E-state index in [0.717, 1.165) is 22.9 Å². The molecule has 0 aliphatic carbocycles. The number of aromatic nitrogens is 5. The number of amides is 1. The minimum absolute atomic E-state index is 0.123. The zero-order chi connectivity index (χ0) is 32.0. The van der Waals surface area contributed by atoms with Crippen LogP contribution in [-0.4, -0.2) is 37.0 Å². The third-order valence-corrected chi connectivity index (χ3v) is 7.14. The molecule has 0 spiro atoms. The number of aryl methyl sites for hydroxylation is 1. The van der Waals surface area contributed by atoms with Gasteiger partial charge in [-0.05, 0) is 66.9 Å². The van der Waals surface area contributed by atoms with Crippen LogP contribution in [0.4, 0.5) is 26.3 Å². The zero-order valence-corrected chi connectivity index (χ0v) is 23.4. The Morgan fingerprint density at radius 2 is 1.50 bits per heavy atom. The van der Waals surface area contributed by atoms with Crippen molar-refractivity contribution in [3.63, 3.8) is 0 Å². The Kier molecular flexibility index (Phi) is 7.48. The van der Waals surface area contributed by atoms with Crippen LogP contribution in [0.2, 0.25) is 0 Å². The number of rotatable bonds is 7. The molecule has 2 N–H and O–H groups in total. The fourth-order valence-corrected chi connectivity index (χ4v) is 4.63. The quantitative estimate of drug-likeness (QED) is 0.206. The molecule has 0 aliphatic rings. The first kappa shape index (κ1) is 30.3. The van der Waals surface area contributed by atoms with Gasteiger partial charge in [-0.25, -0.2) is 4.68 Å². The summed E-state index contributed by atoms with van der Waals surface area (Å²) in [4.78, 5) is 12.1. The predicted molar refractivity (Wildman–Crippen MR) is 148 cm³/mol. The van der Waals surface area contributed by atoms with Gasteiger partial charge in [-0.1, -0.05) is 41.6 Å².